The zero-order chi connectivity index (χ0) is 11.5. The summed E-state index contributed by atoms with van der Waals surface area (Å²) in [5.41, 5.74) is 0.948. The van der Waals surface area contributed by atoms with E-state index in [1.165, 1.54) is 17.1 Å². The molecule has 1 heterocycles. The van der Waals surface area contributed by atoms with Gasteiger partial charge in [0.2, 0.25) is 0 Å². The number of nitrogens with zero attached hydrogens (tertiary/aromatic N) is 2. The summed E-state index contributed by atoms with van der Waals surface area (Å²) in [6, 6.07) is 7.18. The van der Waals surface area contributed by atoms with Crippen LogP contribution in [0.2, 0.25) is 0 Å². The molecular weight excluding hydrogens is 208 g/mol. The lowest BCUT2D eigenvalue weighted by atomic mass is 10.3. The summed E-state index contributed by atoms with van der Waals surface area (Å²) >= 11 is 0. The van der Waals surface area contributed by atoms with Gasteiger partial charge in [0.15, 0.2) is 0 Å². The van der Waals surface area contributed by atoms with Gasteiger partial charge >= 0.3 is 5.97 Å². The Hall–Kier alpha value is -2.30. The first-order valence-corrected chi connectivity index (χ1v) is 4.63. The zero-order valence-corrected chi connectivity index (χ0v) is 8.62. The number of aromatic nitrogens is 2. The number of carboxylic acids is 1. The van der Waals surface area contributed by atoms with E-state index in [1.807, 2.05) is 0 Å². The molecule has 82 valence electrons. The highest BCUT2D eigenvalue weighted by Gasteiger charge is 2.06. The van der Waals surface area contributed by atoms with Gasteiger partial charge in [0, 0.05) is 6.20 Å². The third-order valence-electron chi connectivity index (χ3n) is 2.17. The molecular formula is C11H10N2O3. The first-order valence-electron chi connectivity index (χ1n) is 4.63. The fourth-order valence-electron chi connectivity index (χ4n) is 1.31. The molecule has 0 unspecified atom stereocenters. The van der Waals surface area contributed by atoms with Gasteiger partial charge in [-0.3, -0.25) is 0 Å². The molecule has 0 radical (unpaired) electrons. The van der Waals surface area contributed by atoms with Gasteiger partial charge in [0.05, 0.1) is 24.6 Å². The summed E-state index contributed by atoms with van der Waals surface area (Å²) in [6.45, 7) is 0. The molecule has 1 aromatic heterocycles. The Morgan fingerprint density at radius 3 is 2.56 bits per heavy atom. The second kappa shape index (κ2) is 4.06. The summed E-state index contributed by atoms with van der Waals surface area (Å²) in [6.07, 6.45) is 2.77. The number of methoxy groups -OCH3 is 1. The highest BCUT2D eigenvalue weighted by molar-refractivity contribution is 5.86. The summed E-state index contributed by atoms with van der Waals surface area (Å²) in [7, 11) is 1.59. The van der Waals surface area contributed by atoms with Crippen molar-refractivity contribution in [3.63, 3.8) is 0 Å². The van der Waals surface area contributed by atoms with Crippen LogP contribution in [0.5, 0.6) is 5.75 Å². The van der Waals surface area contributed by atoms with Crippen LogP contribution in [0.25, 0.3) is 5.69 Å². The lowest BCUT2D eigenvalue weighted by Crippen LogP contribution is -1.95. The minimum Gasteiger partial charge on any atom is -0.497 e. The van der Waals surface area contributed by atoms with E-state index in [0.29, 0.717) is 0 Å². The average Bonchev–Trinajstić information content (AvgIpc) is 2.78. The Morgan fingerprint density at radius 1 is 1.38 bits per heavy atom. The van der Waals surface area contributed by atoms with E-state index in [2.05, 4.69) is 5.10 Å². The number of carbonyl (C=O) groups is 1. The van der Waals surface area contributed by atoms with Gasteiger partial charge in [-0.25, -0.2) is 9.48 Å². The van der Waals surface area contributed by atoms with E-state index in [4.69, 9.17) is 9.84 Å². The highest BCUT2D eigenvalue weighted by Crippen LogP contribution is 2.14. The molecule has 0 aliphatic heterocycles. The monoisotopic (exact) mass is 218 g/mol. The number of ether oxygens (including phenoxy) is 1. The van der Waals surface area contributed by atoms with E-state index in [9.17, 15) is 4.79 Å². The molecule has 0 spiro atoms. The van der Waals surface area contributed by atoms with Crippen LogP contribution in [0.15, 0.2) is 36.7 Å². The molecule has 2 rings (SSSR count). The van der Waals surface area contributed by atoms with Crippen LogP contribution < -0.4 is 4.74 Å². The maximum atomic E-state index is 10.7. The second-order valence-corrected chi connectivity index (χ2v) is 3.18. The van der Waals surface area contributed by atoms with Crippen LogP contribution >= 0.6 is 0 Å². The van der Waals surface area contributed by atoms with Crippen molar-refractivity contribution in [2.24, 2.45) is 0 Å². The maximum absolute atomic E-state index is 10.7. The number of carboxylic acid groups (broad SMARTS) is 1. The van der Waals surface area contributed by atoms with Gasteiger partial charge < -0.3 is 9.84 Å². The molecule has 0 aliphatic carbocycles. The lowest BCUT2D eigenvalue weighted by molar-refractivity contribution is 0.0697. The number of hydrogen-bond donors (Lipinski definition) is 1. The molecule has 0 bridgehead atoms. The molecule has 5 nitrogen and oxygen atoms in total. The van der Waals surface area contributed by atoms with Crippen molar-refractivity contribution in [1.82, 2.24) is 9.78 Å². The fraction of sp³-hybridized carbons (Fsp3) is 0.0909. The highest BCUT2D eigenvalue weighted by atomic mass is 16.5. The summed E-state index contributed by atoms with van der Waals surface area (Å²) in [5.74, 6) is -0.242. The predicted molar refractivity (Wildman–Crippen MR) is 57.1 cm³/mol. The van der Waals surface area contributed by atoms with Gasteiger partial charge in [0.1, 0.15) is 5.75 Å². The molecule has 0 atom stereocenters. The van der Waals surface area contributed by atoms with Crippen molar-refractivity contribution in [1.29, 1.82) is 0 Å². The van der Waals surface area contributed by atoms with Crippen molar-refractivity contribution in [2.75, 3.05) is 7.11 Å². The van der Waals surface area contributed by atoms with Crippen LogP contribution in [0.4, 0.5) is 0 Å². The van der Waals surface area contributed by atoms with Crippen molar-refractivity contribution in [3.8, 4) is 11.4 Å². The first kappa shape index (κ1) is 10.2. The summed E-state index contributed by atoms with van der Waals surface area (Å²) in [4.78, 5) is 10.7. The number of aromatic carboxylic acids is 1. The van der Waals surface area contributed by atoms with Crippen LogP contribution in [0, 0.1) is 0 Å². The Labute approximate surface area is 91.9 Å². The van der Waals surface area contributed by atoms with Crippen LogP contribution in [0.3, 0.4) is 0 Å². The largest absolute Gasteiger partial charge is 0.497 e. The lowest BCUT2D eigenvalue weighted by Gasteiger charge is -2.02. The average molecular weight is 218 g/mol. The van der Waals surface area contributed by atoms with E-state index in [-0.39, 0.29) is 5.56 Å². The van der Waals surface area contributed by atoms with Crippen molar-refractivity contribution in [2.45, 2.75) is 0 Å². The Balaban J connectivity index is 2.31. The Morgan fingerprint density at radius 2 is 2.06 bits per heavy atom. The third-order valence-corrected chi connectivity index (χ3v) is 2.17. The third kappa shape index (κ3) is 1.88. The quantitative estimate of drug-likeness (QED) is 0.849. The maximum Gasteiger partial charge on any atom is 0.338 e. The predicted octanol–water partition coefficient (Wildman–Crippen LogP) is 1.58. The van der Waals surface area contributed by atoms with Crippen LogP contribution in [-0.4, -0.2) is 28.0 Å². The number of benzene rings is 1. The molecule has 0 saturated heterocycles. The van der Waals surface area contributed by atoms with Gasteiger partial charge in [-0.15, -0.1) is 0 Å². The second-order valence-electron chi connectivity index (χ2n) is 3.18. The Kier molecular flexibility index (Phi) is 2.59. The molecule has 0 saturated carbocycles. The van der Waals surface area contributed by atoms with Gasteiger partial charge in [-0.2, -0.15) is 5.10 Å². The SMILES string of the molecule is COc1ccc(-n2cc(C(=O)O)cn2)cc1. The number of rotatable bonds is 3. The number of hydrogen-bond acceptors (Lipinski definition) is 3. The zero-order valence-electron chi connectivity index (χ0n) is 8.62. The minimum absolute atomic E-state index is 0.163. The Bertz CT molecular complexity index is 502. The van der Waals surface area contributed by atoms with Crippen LogP contribution in [0.1, 0.15) is 10.4 Å². The van der Waals surface area contributed by atoms with E-state index < -0.39 is 5.97 Å². The molecule has 0 amide bonds. The summed E-state index contributed by atoms with van der Waals surface area (Å²) < 4.78 is 6.53. The van der Waals surface area contributed by atoms with Gasteiger partial charge in [-0.1, -0.05) is 0 Å². The standard InChI is InChI=1S/C11H10N2O3/c1-16-10-4-2-9(3-5-10)13-7-8(6-12-13)11(14)15/h2-7H,1H3,(H,14,15). The van der Waals surface area contributed by atoms with Crippen LogP contribution in [-0.2, 0) is 0 Å². The first-order chi connectivity index (χ1) is 7.70. The minimum atomic E-state index is -0.986. The normalized spacial score (nSPS) is 10.1. The topological polar surface area (TPSA) is 64.3 Å². The van der Waals surface area contributed by atoms with Crippen molar-refractivity contribution in [3.05, 3.63) is 42.2 Å². The molecule has 0 aliphatic rings. The molecule has 0 fully saturated rings. The molecule has 1 N–H and O–H groups in total. The molecule has 2 aromatic rings. The summed E-state index contributed by atoms with van der Waals surface area (Å²) in [5, 5.41) is 12.7. The fourth-order valence-corrected chi connectivity index (χ4v) is 1.31. The van der Waals surface area contributed by atoms with E-state index in [1.54, 1.807) is 31.4 Å². The smallest absolute Gasteiger partial charge is 0.338 e. The van der Waals surface area contributed by atoms with E-state index >= 15 is 0 Å². The van der Waals surface area contributed by atoms with Crippen molar-refractivity contribution < 1.29 is 14.6 Å². The molecule has 1 aromatic carbocycles. The molecule has 5 heteroatoms. The molecule has 16 heavy (non-hydrogen) atoms. The van der Waals surface area contributed by atoms with Crippen molar-refractivity contribution >= 4 is 5.97 Å². The van der Waals surface area contributed by atoms with Gasteiger partial charge in [0.25, 0.3) is 0 Å². The van der Waals surface area contributed by atoms with E-state index in [0.717, 1.165) is 11.4 Å². The van der Waals surface area contributed by atoms with Gasteiger partial charge in [-0.05, 0) is 24.3 Å².